The number of nitrogens with one attached hydrogen (secondary N) is 1. The van der Waals surface area contributed by atoms with E-state index in [9.17, 15) is 9.59 Å². The van der Waals surface area contributed by atoms with E-state index < -0.39 is 0 Å². The first-order valence-electron chi connectivity index (χ1n) is 11.8. The van der Waals surface area contributed by atoms with Crippen molar-refractivity contribution in [3.05, 3.63) is 82.3 Å². The first kappa shape index (κ1) is 24.7. The van der Waals surface area contributed by atoms with Crippen LogP contribution in [-0.2, 0) is 11.3 Å². The van der Waals surface area contributed by atoms with Gasteiger partial charge in [0.2, 0.25) is 17.2 Å². The van der Waals surface area contributed by atoms with Crippen LogP contribution in [0.1, 0.15) is 11.3 Å². The number of hydrogen-bond donors (Lipinski definition) is 1. The number of hydrogen-bond acceptors (Lipinski definition) is 8. The topological polar surface area (TPSA) is 121 Å². The van der Waals surface area contributed by atoms with Crippen molar-refractivity contribution < 1.29 is 18.8 Å². The minimum absolute atomic E-state index is 0.0396. The minimum atomic E-state index is -0.325. The van der Waals surface area contributed by atoms with E-state index in [1.807, 2.05) is 26.0 Å². The number of carbonyl (C=O) groups is 1. The SMILES string of the molecule is COc1ccc(-c2noc(-c3cn(CC(=O)Nc4cc(C)ccc4OC)c4nc(C)ccc4c3=O)n2)cc1. The molecule has 0 aliphatic heterocycles. The molecule has 1 amide bonds. The molecule has 0 unspecified atom stereocenters. The summed E-state index contributed by atoms with van der Waals surface area (Å²) in [7, 11) is 3.12. The number of aromatic nitrogens is 4. The maximum atomic E-state index is 13.4. The molecule has 0 atom stereocenters. The van der Waals surface area contributed by atoms with Crippen LogP contribution in [0.15, 0.2) is 70.1 Å². The highest BCUT2D eigenvalue weighted by Gasteiger charge is 2.20. The highest BCUT2D eigenvalue weighted by molar-refractivity contribution is 5.93. The predicted molar refractivity (Wildman–Crippen MR) is 142 cm³/mol. The Bertz CT molecular complexity index is 1710. The molecule has 38 heavy (non-hydrogen) atoms. The maximum Gasteiger partial charge on any atom is 0.263 e. The van der Waals surface area contributed by atoms with Gasteiger partial charge in [-0.25, -0.2) is 4.98 Å². The summed E-state index contributed by atoms with van der Waals surface area (Å²) >= 11 is 0. The lowest BCUT2D eigenvalue weighted by molar-refractivity contribution is -0.116. The first-order valence-corrected chi connectivity index (χ1v) is 11.8. The summed E-state index contributed by atoms with van der Waals surface area (Å²) in [6.45, 7) is 3.63. The van der Waals surface area contributed by atoms with Crippen molar-refractivity contribution in [2.45, 2.75) is 20.4 Å². The zero-order chi connectivity index (χ0) is 26.8. The molecular weight excluding hydrogens is 486 g/mol. The van der Waals surface area contributed by atoms with Crippen LogP contribution in [0.3, 0.4) is 0 Å². The average Bonchev–Trinajstić information content (AvgIpc) is 3.40. The Kier molecular flexibility index (Phi) is 6.61. The molecule has 0 aliphatic rings. The van der Waals surface area contributed by atoms with E-state index >= 15 is 0 Å². The van der Waals surface area contributed by atoms with Crippen LogP contribution < -0.4 is 20.2 Å². The standard InChI is InChI=1S/C28H25N5O5/c1-16-5-12-23(37-4)22(13-16)30-24(34)15-33-14-21(25(35)20-11-6-17(2)29-27(20)33)28-31-26(32-38-28)18-7-9-19(36-3)10-8-18/h5-14H,15H2,1-4H3,(H,30,34). The van der Waals surface area contributed by atoms with Crippen LogP contribution in [0.5, 0.6) is 11.5 Å². The van der Waals surface area contributed by atoms with E-state index in [2.05, 4.69) is 20.4 Å². The number of anilines is 1. The van der Waals surface area contributed by atoms with Crippen LogP contribution in [0.25, 0.3) is 33.9 Å². The number of rotatable bonds is 7. The Morgan fingerprint density at radius 1 is 1.00 bits per heavy atom. The Morgan fingerprint density at radius 2 is 1.79 bits per heavy atom. The summed E-state index contributed by atoms with van der Waals surface area (Å²) in [6, 6.07) is 16.1. The van der Waals surface area contributed by atoms with Gasteiger partial charge in [-0.3, -0.25) is 9.59 Å². The second-order valence-electron chi connectivity index (χ2n) is 8.73. The molecule has 0 aliphatic carbocycles. The van der Waals surface area contributed by atoms with Gasteiger partial charge >= 0.3 is 0 Å². The van der Waals surface area contributed by atoms with Crippen LogP contribution in [-0.4, -0.2) is 39.8 Å². The smallest absolute Gasteiger partial charge is 0.263 e. The van der Waals surface area contributed by atoms with Gasteiger partial charge in [-0.05, 0) is 67.9 Å². The normalized spacial score (nSPS) is 10.9. The molecule has 1 N–H and O–H groups in total. The number of ether oxygens (including phenoxy) is 2. The Balaban J connectivity index is 1.53. The van der Waals surface area contributed by atoms with Gasteiger partial charge in [-0.15, -0.1) is 0 Å². The van der Waals surface area contributed by atoms with Gasteiger partial charge in [0.05, 0.1) is 25.3 Å². The van der Waals surface area contributed by atoms with Crippen LogP contribution in [0, 0.1) is 13.8 Å². The van der Waals surface area contributed by atoms with Gasteiger partial charge < -0.3 is 23.9 Å². The second kappa shape index (κ2) is 10.2. The maximum absolute atomic E-state index is 13.4. The lowest BCUT2D eigenvalue weighted by atomic mass is 10.1. The zero-order valence-corrected chi connectivity index (χ0v) is 21.3. The summed E-state index contributed by atoms with van der Waals surface area (Å²) < 4.78 is 17.6. The molecule has 3 heterocycles. The number of pyridine rings is 2. The molecule has 0 bridgehead atoms. The number of methoxy groups -OCH3 is 2. The molecule has 10 heteroatoms. The van der Waals surface area contributed by atoms with Gasteiger partial charge in [-0.1, -0.05) is 11.2 Å². The van der Waals surface area contributed by atoms with E-state index in [-0.39, 0.29) is 29.3 Å². The molecule has 3 aromatic heterocycles. The third-order valence-corrected chi connectivity index (χ3v) is 6.01. The fraction of sp³-hybridized carbons (Fsp3) is 0.179. The molecule has 5 aromatic rings. The van der Waals surface area contributed by atoms with Gasteiger partial charge in [0.1, 0.15) is 29.3 Å². The van der Waals surface area contributed by atoms with Crippen LogP contribution in [0.2, 0.25) is 0 Å². The van der Waals surface area contributed by atoms with Crippen molar-refractivity contribution in [1.29, 1.82) is 0 Å². The summed E-state index contributed by atoms with van der Waals surface area (Å²) in [5, 5.41) is 7.26. The number of nitrogens with zero attached hydrogens (tertiary/aromatic N) is 4. The van der Waals surface area contributed by atoms with Crippen LogP contribution >= 0.6 is 0 Å². The van der Waals surface area contributed by atoms with Crippen molar-refractivity contribution in [2.24, 2.45) is 0 Å². The van der Waals surface area contributed by atoms with Crippen molar-refractivity contribution in [2.75, 3.05) is 19.5 Å². The predicted octanol–water partition coefficient (Wildman–Crippen LogP) is 4.39. The summed E-state index contributed by atoms with van der Waals surface area (Å²) in [6.07, 6.45) is 1.52. The molecule has 0 fully saturated rings. The lowest BCUT2D eigenvalue weighted by Crippen LogP contribution is -2.22. The molecule has 5 rings (SSSR count). The molecule has 2 aromatic carbocycles. The summed E-state index contributed by atoms with van der Waals surface area (Å²) in [5.41, 5.74) is 3.14. The van der Waals surface area contributed by atoms with Gasteiger partial charge in [0, 0.05) is 17.5 Å². The molecule has 0 radical (unpaired) electrons. The summed E-state index contributed by atoms with van der Waals surface area (Å²) in [4.78, 5) is 35.5. The van der Waals surface area contributed by atoms with E-state index in [0.29, 0.717) is 45.3 Å². The lowest BCUT2D eigenvalue weighted by Gasteiger charge is -2.14. The van der Waals surface area contributed by atoms with E-state index in [1.54, 1.807) is 61.3 Å². The van der Waals surface area contributed by atoms with Gasteiger partial charge in [0.15, 0.2) is 0 Å². The van der Waals surface area contributed by atoms with Crippen molar-refractivity contribution in [1.82, 2.24) is 19.7 Å². The number of carbonyl (C=O) groups excluding carboxylic acids is 1. The molecule has 0 saturated carbocycles. The monoisotopic (exact) mass is 511 g/mol. The Labute approximate surface area is 217 Å². The molecule has 10 nitrogen and oxygen atoms in total. The Hall–Kier alpha value is -4.99. The second-order valence-corrected chi connectivity index (χ2v) is 8.73. The fourth-order valence-electron chi connectivity index (χ4n) is 4.09. The van der Waals surface area contributed by atoms with Crippen LogP contribution in [0.4, 0.5) is 5.69 Å². The quantitative estimate of drug-likeness (QED) is 0.342. The zero-order valence-electron chi connectivity index (χ0n) is 21.3. The minimum Gasteiger partial charge on any atom is -0.497 e. The van der Waals surface area contributed by atoms with Crippen molar-refractivity contribution in [3.63, 3.8) is 0 Å². The van der Waals surface area contributed by atoms with Gasteiger partial charge in [0.25, 0.3) is 5.89 Å². The number of benzene rings is 2. The van der Waals surface area contributed by atoms with E-state index in [4.69, 9.17) is 14.0 Å². The molecule has 0 saturated heterocycles. The third kappa shape index (κ3) is 4.83. The van der Waals surface area contributed by atoms with Crippen molar-refractivity contribution >= 4 is 22.6 Å². The number of amides is 1. The van der Waals surface area contributed by atoms with E-state index in [1.165, 1.54) is 6.20 Å². The highest BCUT2D eigenvalue weighted by Crippen LogP contribution is 2.26. The summed E-state index contributed by atoms with van der Waals surface area (Å²) in [5.74, 6) is 1.27. The molecular formula is C28H25N5O5. The highest BCUT2D eigenvalue weighted by atomic mass is 16.5. The third-order valence-electron chi connectivity index (χ3n) is 6.01. The average molecular weight is 512 g/mol. The molecule has 192 valence electrons. The van der Waals surface area contributed by atoms with Crippen molar-refractivity contribution in [3.8, 4) is 34.3 Å². The number of aryl methyl sites for hydroxylation is 2. The fourth-order valence-corrected chi connectivity index (χ4v) is 4.09. The molecule has 0 spiro atoms. The van der Waals surface area contributed by atoms with E-state index in [0.717, 1.165) is 5.56 Å². The Morgan fingerprint density at radius 3 is 2.53 bits per heavy atom. The largest absolute Gasteiger partial charge is 0.497 e. The first-order chi connectivity index (χ1) is 18.4. The van der Waals surface area contributed by atoms with Gasteiger partial charge in [-0.2, -0.15) is 4.98 Å². The number of fused-ring (bicyclic) bond motifs is 1.